The quantitative estimate of drug-likeness (QED) is 0.174. The molecule has 1 aliphatic carbocycles. The van der Waals surface area contributed by atoms with Crippen LogP contribution in [0.25, 0.3) is 74.8 Å². The predicted molar refractivity (Wildman–Crippen MR) is 229 cm³/mol. The van der Waals surface area contributed by atoms with Crippen molar-refractivity contribution in [2.45, 2.75) is 12.5 Å². The van der Waals surface area contributed by atoms with Gasteiger partial charge in [0.25, 0.3) is 0 Å². The lowest BCUT2D eigenvalue weighted by atomic mass is 9.92. The Morgan fingerprint density at radius 2 is 1.21 bits per heavy atom. The Labute approximate surface area is 311 Å². The van der Waals surface area contributed by atoms with Crippen molar-refractivity contribution in [3.8, 4) is 5.69 Å². The number of hydrogen-bond donors (Lipinski definition) is 0. The monoisotopic (exact) mass is 694 g/mol. The van der Waals surface area contributed by atoms with Gasteiger partial charge in [-0.25, -0.2) is 0 Å². The average Bonchev–Trinajstić information content (AvgIpc) is 3.78. The lowest BCUT2D eigenvalue weighted by Crippen LogP contribution is -2.30. The molecule has 0 bridgehead atoms. The van der Waals surface area contributed by atoms with Crippen LogP contribution in [-0.2, 0) is 0 Å². The van der Waals surface area contributed by atoms with E-state index in [0.29, 0.717) is 0 Å². The lowest BCUT2D eigenvalue weighted by molar-refractivity contribution is 0.790. The van der Waals surface area contributed by atoms with Crippen molar-refractivity contribution in [2.75, 3.05) is 4.90 Å². The van der Waals surface area contributed by atoms with Crippen LogP contribution < -0.4 is 4.90 Å². The van der Waals surface area contributed by atoms with Crippen LogP contribution in [0.5, 0.6) is 0 Å². The highest BCUT2D eigenvalue weighted by molar-refractivity contribution is 7.26. The van der Waals surface area contributed by atoms with Crippen LogP contribution in [-0.4, -0.2) is 10.6 Å². The summed E-state index contributed by atoms with van der Waals surface area (Å²) >= 11 is 1.89. The largest absolute Gasteiger partial charge is 0.333 e. The molecule has 250 valence electrons. The molecular formula is C50H34N2S. The number of nitrogens with zero attached hydrogens (tertiary/aromatic N) is 2. The summed E-state index contributed by atoms with van der Waals surface area (Å²) in [7, 11) is 0. The van der Waals surface area contributed by atoms with E-state index in [2.05, 4.69) is 198 Å². The number of anilines is 2. The van der Waals surface area contributed by atoms with Crippen LogP contribution in [0, 0.1) is 0 Å². The molecular weight excluding hydrogens is 661 g/mol. The van der Waals surface area contributed by atoms with E-state index in [9.17, 15) is 0 Å². The minimum absolute atomic E-state index is 0.146. The molecule has 2 aromatic heterocycles. The molecule has 0 aliphatic heterocycles. The molecule has 0 saturated carbocycles. The van der Waals surface area contributed by atoms with Crippen molar-refractivity contribution in [1.29, 1.82) is 0 Å². The molecule has 1 aliphatic rings. The molecule has 10 aromatic rings. The van der Waals surface area contributed by atoms with Gasteiger partial charge in [0.2, 0.25) is 0 Å². The van der Waals surface area contributed by atoms with Crippen LogP contribution in [0.3, 0.4) is 0 Å². The summed E-state index contributed by atoms with van der Waals surface area (Å²) in [5, 5.41) is 10.3. The summed E-state index contributed by atoms with van der Waals surface area (Å²) in [6.07, 6.45) is 8.08. The summed E-state index contributed by atoms with van der Waals surface area (Å²) in [5.74, 6) is 0. The Kier molecular flexibility index (Phi) is 6.89. The molecule has 11 rings (SSSR count). The van der Waals surface area contributed by atoms with Crippen LogP contribution in [0.4, 0.5) is 11.4 Å². The smallest absolute Gasteiger partial charge is 0.0619 e. The Morgan fingerprint density at radius 1 is 0.528 bits per heavy atom. The second-order valence-electron chi connectivity index (χ2n) is 14.0. The summed E-state index contributed by atoms with van der Waals surface area (Å²) in [5.41, 5.74) is 8.64. The zero-order chi connectivity index (χ0) is 34.9. The fourth-order valence-corrected chi connectivity index (χ4v) is 9.88. The summed E-state index contributed by atoms with van der Waals surface area (Å²) < 4.78 is 5.10. The van der Waals surface area contributed by atoms with Gasteiger partial charge in [-0.15, -0.1) is 11.3 Å². The number of thiophene rings is 1. The van der Waals surface area contributed by atoms with Gasteiger partial charge in [-0.05, 0) is 76.2 Å². The molecule has 8 aromatic carbocycles. The Hall–Kier alpha value is -6.42. The number of rotatable bonds is 5. The molecule has 2 heterocycles. The van der Waals surface area contributed by atoms with Crippen LogP contribution in [0.1, 0.15) is 12.0 Å². The summed E-state index contributed by atoms with van der Waals surface area (Å²) in [4.78, 5) is 2.57. The van der Waals surface area contributed by atoms with E-state index in [4.69, 9.17) is 0 Å². The van der Waals surface area contributed by atoms with Crippen LogP contribution in [0.15, 0.2) is 188 Å². The van der Waals surface area contributed by atoms with E-state index in [-0.39, 0.29) is 6.04 Å². The van der Waals surface area contributed by atoms with Crippen molar-refractivity contribution in [1.82, 2.24) is 4.57 Å². The van der Waals surface area contributed by atoms with Crippen LogP contribution >= 0.6 is 11.3 Å². The van der Waals surface area contributed by atoms with Crippen molar-refractivity contribution in [3.63, 3.8) is 0 Å². The maximum absolute atomic E-state index is 2.57. The Bertz CT molecular complexity index is 3100. The maximum Gasteiger partial charge on any atom is 0.0619 e. The number of para-hydroxylation sites is 1. The van der Waals surface area contributed by atoms with Gasteiger partial charge in [0, 0.05) is 43.0 Å². The molecule has 0 fully saturated rings. The van der Waals surface area contributed by atoms with Gasteiger partial charge in [0.1, 0.15) is 0 Å². The highest BCUT2D eigenvalue weighted by Gasteiger charge is 2.24. The molecule has 53 heavy (non-hydrogen) atoms. The molecule has 0 radical (unpaired) electrons. The number of allylic oxidation sites excluding steroid dienone is 2. The van der Waals surface area contributed by atoms with Crippen molar-refractivity contribution in [2.24, 2.45) is 0 Å². The summed E-state index contributed by atoms with van der Waals surface area (Å²) in [6, 6.07) is 62.4. The van der Waals surface area contributed by atoms with Crippen LogP contribution in [0.2, 0.25) is 0 Å². The van der Waals surface area contributed by atoms with Crippen molar-refractivity contribution >= 4 is 91.8 Å². The highest BCUT2D eigenvalue weighted by atomic mass is 32.1. The van der Waals surface area contributed by atoms with E-state index >= 15 is 0 Å². The van der Waals surface area contributed by atoms with E-state index in [0.717, 1.165) is 12.1 Å². The molecule has 0 amide bonds. The number of fused-ring (bicyclic) bond motifs is 9. The number of aromatic nitrogens is 1. The number of hydrogen-bond acceptors (Lipinski definition) is 2. The lowest BCUT2D eigenvalue weighted by Gasteiger charge is -2.34. The predicted octanol–water partition coefficient (Wildman–Crippen LogP) is 14.0. The molecule has 0 saturated heterocycles. The molecule has 0 N–H and O–H groups in total. The Balaban J connectivity index is 1.06. The summed E-state index contributed by atoms with van der Waals surface area (Å²) in [6.45, 7) is 0. The minimum Gasteiger partial charge on any atom is -0.333 e. The molecule has 3 heteroatoms. The number of benzene rings is 8. The van der Waals surface area contributed by atoms with Gasteiger partial charge < -0.3 is 9.47 Å². The highest BCUT2D eigenvalue weighted by Crippen LogP contribution is 2.44. The second-order valence-corrected chi connectivity index (χ2v) is 15.1. The third-order valence-corrected chi connectivity index (χ3v) is 12.3. The maximum atomic E-state index is 2.57. The first-order valence-electron chi connectivity index (χ1n) is 18.4. The van der Waals surface area contributed by atoms with E-state index in [1.165, 1.54) is 86.0 Å². The normalized spacial score (nSPS) is 14.6. The zero-order valence-corrected chi connectivity index (χ0v) is 29.8. The van der Waals surface area contributed by atoms with Crippen molar-refractivity contribution in [3.05, 3.63) is 194 Å². The first kappa shape index (κ1) is 30.2. The van der Waals surface area contributed by atoms with E-state index in [1.54, 1.807) is 0 Å². The third-order valence-electron chi connectivity index (χ3n) is 11.1. The van der Waals surface area contributed by atoms with Gasteiger partial charge in [-0.2, -0.15) is 0 Å². The second kappa shape index (κ2) is 12.1. The molecule has 2 nitrogen and oxygen atoms in total. The minimum atomic E-state index is 0.146. The molecule has 1 unspecified atom stereocenters. The SMILES string of the molecule is C1=CC(N(c2ccc(-n3c4ccccc4c4ccc5ccccc5c43)cc2)c2cccc3c2sc2ccccc23)CC=C1c1cccc2ccccc12. The van der Waals surface area contributed by atoms with E-state index < -0.39 is 0 Å². The van der Waals surface area contributed by atoms with E-state index in [1.807, 2.05) is 11.3 Å². The van der Waals surface area contributed by atoms with Gasteiger partial charge in [0.05, 0.1) is 27.5 Å². The average molecular weight is 695 g/mol. The standard InChI is InChI=1S/C50H34N2S/c1-3-14-39-33(11-1)13-9-18-40(39)35-23-26-36(27-24-35)51(47-21-10-19-45-43-17-6-8-22-48(43)53-50(45)47)37-28-30-38(31-29-37)52-46-20-7-5-16-42(46)44-32-25-34-12-2-4-15-41(34)49(44)52/h1-26,28-32,36H,27H2. The molecule has 1 atom stereocenters. The van der Waals surface area contributed by atoms with Gasteiger partial charge in [-0.3, -0.25) is 0 Å². The first-order valence-corrected chi connectivity index (χ1v) is 19.2. The van der Waals surface area contributed by atoms with Gasteiger partial charge in [-0.1, -0.05) is 146 Å². The first-order chi connectivity index (χ1) is 26.3. The topological polar surface area (TPSA) is 8.17 Å². The fraction of sp³-hybridized carbons (Fsp3) is 0.0400. The Morgan fingerprint density at radius 3 is 2.04 bits per heavy atom. The fourth-order valence-electron chi connectivity index (χ4n) is 8.67. The van der Waals surface area contributed by atoms with Gasteiger partial charge in [0.15, 0.2) is 0 Å². The zero-order valence-electron chi connectivity index (χ0n) is 29.0. The van der Waals surface area contributed by atoms with Crippen molar-refractivity contribution < 1.29 is 0 Å². The molecule has 0 spiro atoms. The van der Waals surface area contributed by atoms with Gasteiger partial charge >= 0.3 is 0 Å². The third kappa shape index (κ3) is 4.78.